The Morgan fingerprint density at radius 3 is 2.62 bits per heavy atom. The molecule has 1 heterocycles. The third kappa shape index (κ3) is 2.17. The van der Waals surface area contributed by atoms with Crippen molar-refractivity contribution in [3.8, 4) is 0 Å². The predicted octanol–water partition coefficient (Wildman–Crippen LogP) is 0.493. The highest BCUT2D eigenvalue weighted by molar-refractivity contribution is 5.88. The summed E-state index contributed by atoms with van der Waals surface area (Å²) < 4.78 is 17.1. The van der Waals surface area contributed by atoms with Crippen LogP contribution in [-0.2, 0) is 23.8 Å². The van der Waals surface area contributed by atoms with Crippen molar-refractivity contribution in [1.29, 1.82) is 0 Å². The van der Waals surface area contributed by atoms with Gasteiger partial charge < -0.3 is 24.4 Å². The number of aliphatic hydroxyl groups is 2. The highest BCUT2D eigenvalue weighted by atomic mass is 16.7. The number of hydrogen-bond acceptors (Lipinski definition) is 7. The van der Waals surface area contributed by atoms with Crippen LogP contribution in [0.3, 0.4) is 0 Å². The monoisotopic (exact) mass is 364 g/mol. The van der Waals surface area contributed by atoms with Crippen LogP contribution in [0.1, 0.15) is 26.7 Å². The van der Waals surface area contributed by atoms with Gasteiger partial charge in [-0.15, -0.1) is 0 Å². The molecule has 3 aliphatic carbocycles. The second-order valence-electron chi connectivity index (χ2n) is 8.26. The molecule has 142 valence electrons. The average Bonchev–Trinajstić information content (AvgIpc) is 3.06. The van der Waals surface area contributed by atoms with E-state index in [1.54, 1.807) is 0 Å². The number of hydrogen-bond donors (Lipinski definition) is 2. The van der Waals surface area contributed by atoms with Crippen molar-refractivity contribution in [2.45, 2.75) is 56.2 Å². The molecule has 1 aliphatic heterocycles. The van der Waals surface area contributed by atoms with Gasteiger partial charge >= 0.3 is 11.9 Å². The Labute approximate surface area is 151 Å². The number of rotatable bonds is 4. The summed E-state index contributed by atoms with van der Waals surface area (Å²) in [4.78, 5) is 23.8. The molecule has 8 atom stereocenters. The first-order valence-corrected chi connectivity index (χ1v) is 8.88. The van der Waals surface area contributed by atoms with Crippen molar-refractivity contribution in [2.24, 2.45) is 17.8 Å². The van der Waals surface area contributed by atoms with Crippen LogP contribution in [0.5, 0.6) is 0 Å². The van der Waals surface area contributed by atoms with E-state index < -0.39 is 42.1 Å². The fourth-order valence-corrected chi connectivity index (χ4v) is 5.72. The van der Waals surface area contributed by atoms with Gasteiger partial charge in [-0.3, -0.25) is 4.79 Å². The molecule has 0 radical (unpaired) electrons. The second kappa shape index (κ2) is 5.41. The standard InChI is InChI=1S/C19H24O7/c1-8(7-20)17(23)24-15-12-6-18(4,25-10(3)21)5-11(12)13-9(2)14(22)16-19(13,15)26-16/h11-16,20,22H,1-2,5-7H2,3-4H3. The SMILES string of the molecule is C=C(CO)C(=O)OC1C2CC(C)(OC(C)=O)CC2C2C(=C)C(O)C3OC312. The van der Waals surface area contributed by atoms with E-state index in [2.05, 4.69) is 13.2 Å². The summed E-state index contributed by atoms with van der Waals surface area (Å²) in [6, 6.07) is 0. The molecular formula is C19H24O7. The van der Waals surface area contributed by atoms with Gasteiger partial charge in [0.05, 0.1) is 12.2 Å². The first-order chi connectivity index (χ1) is 12.1. The topological polar surface area (TPSA) is 106 Å². The highest BCUT2D eigenvalue weighted by Gasteiger charge is 2.83. The van der Waals surface area contributed by atoms with Gasteiger partial charge in [-0.25, -0.2) is 4.79 Å². The van der Waals surface area contributed by atoms with E-state index in [9.17, 15) is 14.7 Å². The Morgan fingerprint density at radius 2 is 2.00 bits per heavy atom. The minimum absolute atomic E-state index is 0.0308. The summed E-state index contributed by atoms with van der Waals surface area (Å²) in [6.07, 6.45) is -0.668. The second-order valence-corrected chi connectivity index (χ2v) is 8.26. The van der Waals surface area contributed by atoms with Crippen LogP contribution in [0, 0.1) is 17.8 Å². The van der Waals surface area contributed by atoms with E-state index in [1.807, 2.05) is 6.92 Å². The van der Waals surface area contributed by atoms with Crippen LogP contribution < -0.4 is 0 Å². The van der Waals surface area contributed by atoms with Crippen LogP contribution in [0.2, 0.25) is 0 Å². The molecule has 0 bridgehead atoms. The van der Waals surface area contributed by atoms with Gasteiger partial charge in [0.2, 0.25) is 0 Å². The van der Waals surface area contributed by atoms with E-state index in [1.165, 1.54) is 6.92 Å². The van der Waals surface area contributed by atoms with Gasteiger partial charge in [0.25, 0.3) is 0 Å². The van der Waals surface area contributed by atoms with Crippen LogP contribution in [0.4, 0.5) is 0 Å². The lowest BCUT2D eigenvalue weighted by Crippen LogP contribution is -2.40. The Kier molecular flexibility index (Phi) is 3.68. The summed E-state index contributed by atoms with van der Waals surface area (Å²) in [5.74, 6) is -1.21. The number of carbonyl (C=O) groups is 2. The molecule has 8 unspecified atom stereocenters. The fraction of sp³-hybridized carbons (Fsp3) is 0.684. The summed E-state index contributed by atoms with van der Waals surface area (Å²) in [6.45, 7) is 10.3. The zero-order valence-corrected chi connectivity index (χ0v) is 14.9. The minimum Gasteiger partial charge on any atom is -0.460 e. The van der Waals surface area contributed by atoms with E-state index in [4.69, 9.17) is 19.3 Å². The van der Waals surface area contributed by atoms with Crippen molar-refractivity contribution in [3.05, 3.63) is 24.3 Å². The lowest BCUT2D eigenvalue weighted by atomic mass is 9.84. The smallest absolute Gasteiger partial charge is 0.336 e. The summed E-state index contributed by atoms with van der Waals surface area (Å²) in [5, 5.41) is 19.6. The van der Waals surface area contributed by atoms with Crippen LogP contribution >= 0.6 is 0 Å². The molecule has 7 heteroatoms. The third-order valence-corrected chi connectivity index (χ3v) is 6.52. The van der Waals surface area contributed by atoms with Gasteiger partial charge in [0.15, 0.2) is 0 Å². The average molecular weight is 364 g/mol. The van der Waals surface area contributed by atoms with Crippen molar-refractivity contribution in [1.82, 2.24) is 0 Å². The van der Waals surface area contributed by atoms with Gasteiger partial charge in [0.1, 0.15) is 29.5 Å². The largest absolute Gasteiger partial charge is 0.460 e. The lowest BCUT2D eigenvalue weighted by Gasteiger charge is -2.29. The van der Waals surface area contributed by atoms with Crippen LogP contribution in [0.15, 0.2) is 24.3 Å². The first-order valence-electron chi connectivity index (χ1n) is 8.88. The molecular weight excluding hydrogens is 340 g/mol. The first kappa shape index (κ1) is 17.7. The highest BCUT2D eigenvalue weighted by Crippen LogP contribution is 2.71. The maximum Gasteiger partial charge on any atom is 0.336 e. The van der Waals surface area contributed by atoms with Crippen molar-refractivity contribution < 1.29 is 34.0 Å². The summed E-state index contributed by atoms with van der Waals surface area (Å²) >= 11 is 0. The number of ether oxygens (including phenoxy) is 3. The molecule has 3 saturated carbocycles. The normalized spacial score (nSPS) is 47.8. The minimum atomic E-state index is -0.788. The van der Waals surface area contributed by atoms with E-state index in [0.717, 1.165) is 0 Å². The molecule has 0 aromatic carbocycles. The maximum absolute atomic E-state index is 12.3. The Morgan fingerprint density at radius 1 is 1.35 bits per heavy atom. The maximum atomic E-state index is 12.3. The molecule has 0 aromatic heterocycles. The van der Waals surface area contributed by atoms with E-state index in [-0.39, 0.29) is 29.3 Å². The molecule has 2 N–H and O–H groups in total. The Bertz CT molecular complexity index is 715. The summed E-state index contributed by atoms with van der Waals surface area (Å²) in [7, 11) is 0. The number of esters is 2. The molecule has 4 aliphatic rings. The number of epoxide rings is 1. The van der Waals surface area contributed by atoms with E-state index >= 15 is 0 Å². The molecule has 4 rings (SSSR count). The summed E-state index contributed by atoms with van der Waals surface area (Å²) in [5.41, 5.74) is -0.742. The molecule has 4 fully saturated rings. The molecule has 26 heavy (non-hydrogen) atoms. The molecule has 0 aromatic rings. The van der Waals surface area contributed by atoms with Crippen molar-refractivity contribution in [2.75, 3.05) is 6.61 Å². The molecule has 1 saturated heterocycles. The van der Waals surface area contributed by atoms with Gasteiger partial charge in [-0.1, -0.05) is 13.2 Å². The van der Waals surface area contributed by atoms with Crippen molar-refractivity contribution >= 4 is 11.9 Å². The molecule has 1 spiro atoms. The van der Waals surface area contributed by atoms with Gasteiger partial charge in [-0.2, -0.15) is 0 Å². The molecule has 7 nitrogen and oxygen atoms in total. The zero-order chi connectivity index (χ0) is 19.0. The molecule has 0 amide bonds. The van der Waals surface area contributed by atoms with Crippen molar-refractivity contribution in [3.63, 3.8) is 0 Å². The van der Waals surface area contributed by atoms with E-state index in [0.29, 0.717) is 18.4 Å². The van der Waals surface area contributed by atoms with Gasteiger partial charge in [-0.05, 0) is 31.3 Å². The Hall–Kier alpha value is -1.70. The van der Waals surface area contributed by atoms with Crippen LogP contribution in [0.25, 0.3) is 0 Å². The Balaban J connectivity index is 1.66. The number of aliphatic hydroxyl groups excluding tert-OH is 2. The quantitative estimate of drug-likeness (QED) is 0.324. The van der Waals surface area contributed by atoms with Gasteiger partial charge in [0, 0.05) is 18.8 Å². The lowest BCUT2D eigenvalue weighted by molar-refractivity contribution is -0.158. The van der Waals surface area contributed by atoms with Crippen LogP contribution in [-0.4, -0.2) is 58.3 Å². The number of carbonyl (C=O) groups excluding carboxylic acids is 2. The number of fused-ring (bicyclic) bond motifs is 2. The predicted molar refractivity (Wildman–Crippen MR) is 88.7 cm³/mol. The zero-order valence-electron chi connectivity index (χ0n) is 14.9. The third-order valence-electron chi connectivity index (χ3n) is 6.52. The fourth-order valence-electron chi connectivity index (χ4n) is 5.72.